The van der Waals surface area contributed by atoms with Crippen LogP contribution in [0.3, 0.4) is 0 Å². The fourth-order valence-corrected chi connectivity index (χ4v) is 5.36. The smallest absolute Gasteiger partial charge is 0.272 e. The van der Waals surface area contributed by atoms with Gasteiger partial charge in [-0.3, -0.25) is 25.7 Å². The van der Waals surface area contributed by atoms with Crippen LogP contribution in [-0.2, 0) is 10.0 Å². The molecule has 0 aliphatic heterocycles. The highest BCUT2D eigenvalue weighted by Crippen LogP contribution is 2.33. The first kappa shape index (κ1) is 26.7. The summed E-state index contributed by atoms with van der Waals surface area (Å²) in [5, 5.41) is 27.4. The first-order valence-electron chi connectivity index (χ1n) is 10.5. The summed E-state index contributed by atoms with van der Waals surface area (Å²) < 4.78 is 26.6. The fraction of sp³-hybridized carbons (Fsp3) is 0.190. The van der Waals surface area contributed by atoms with E-state index in [0.29, 0.717) is 15.6 Å². The number of rotatable bonds is 11. The molecule has 3 rings (SSSR count). The Labute approximate surface area is 210 Å². The van der Waals surface area contributed by atoms with E-state index < -0.39 is 25.6 Å². The van der Waals surface area contributed by atoms with E-state index >= 15 is 0 Å². The molecular formula is C21H21N7O6S2. The number of nitro groups is 2. The molecule has 0 spiro atoms. The minimum absolute atomic E-state index is 0.0438. The lowest BCUT2D eigenvalue weighted by Gasteiger charge is -2.18. The number of hydrogen-bond acceptors (Lipinski definition) is 11. The summed E-state index contributed by atoms with van der Waals surface area (Å²) in [7, 11) is -3.89. The monoisotopic (exact) mass is 531 g/mol. The van der Waals surface area contributed by atoms with Crippen LogP contribution in [0.5, 0.6) is 0 Å². The van der Waals surface area contributed by atoms with Crippen LogP contribution in [0.15, 0.2) is 74.9 Å². The molecule has 0 aliphatic rings. The summed E-state index contributed by atoms with van der Waals surface area (Å²) in [6, 6.07) is 9.49. The van der Waals surface area contributed by atoms with Gasteiger partial charge in [-0.25, -0.2) is 18.4 Å². The van der Waals surface area contributed by atoms with Crippen molar-refractivity contribution in [1.82, 2.24) is 14.3 Å². The van der Waals surface area contributed by atoms with Crippen molar-refractivity contribution in [3.63, 3.8) is 0 Å². The summed E-state index contributed by atoms with van der Waals surface area (Å²) in [4.78, 5) is 30.1. The zero-order valence-electron chi connectivity index (χ0n) is 19.1. The van der Waals surface area contributed by atoms with E-state index in [2.05, 4.69) is 20.5 Å². The van der Waals surface area contributed by atoms with Crippen molar-refractivity contribution in [2.45, 2.75) is 28.8 Å². The van der Waals surface area contributed by atoms with Gasteiger partial charge in [0.15, 0.2) is 5.16 Å². The second-order valence-corrected chi connectivity index (χ2v) is 9.96. The van der Waals surface area contributed by atoms with Crippen molar-refractivity contribution in [2.75, 3.05) is 18.5 Å². The highest BCUT2D eigenvalue weighted by Gasteiger charge is 2.25. The predicted molar refractivity (Wildman–Crippen MR) is 134 cm³/mol. The fourth-order valence-electron chi connectivity index (χ4n) is 3.09. The molecule has 0 unspecified atom stereocenters. The highest BCUT2D eigenvalue weighted by molar-refractivity contribution is 7.99. The van der Waals surface area contributed by atoms with E-state index in [-0.39, 0.29) is 29.4 Å². The van der Waals surface area contributed by atoms with Crippen molar-refractivity contribution in [3.05, 3.63) is 80.7 Å². The molecule has 36 heavy (non-hydrogen) atoms. The number of hydrazone groups is 1. The number of sulfonamides is 1. The molecule has 0 saturated heterocycles. The van der Waals surface area contributed by atoms with E-state index in [1.54, 1.807) is 26.0 Å². The standard InChI is InChI=1S/C21H21N7O6S2/c1-3-26(4-2)36(33,34)16-7-8-17(18(13-16)27(29)30)25-24-14-15-6-9-20(19(12-15)28(31)32)35-21-22-10-5-11-23-21/h5-14,25H,3-4H2,1-2H3. The van der Waals surface area contributed by atoms with Crippen LogP contribution >= 0.6 is 11.8 Å². The Balaban J connectivity index is 1.84. The topological polar surface area (TPSA) is 174 Å². The number of hydrogen-bond donors (Lipinski definition) is 1. The Hall–Kier alpha value is -3.95. The number of benzene rings is 2. The van der Waals surface area contributed by atoms with Crippen LogP contribution in [0.25, 0.3) is 0 Å². The van der Waals surface area contributed by atoms with Gasteiger partial charge in [0.2, 0.25) is 10.0 Å². The molecular weight excluding hydrogens is 510 g/mol. The lowest BCUT2D eigenvalue weighted by Crippen LogP contribution is -2.30. The van der Waals surface area contributed by atoms with E-state index in [4.69, 9.17) is 0 Å². The number of nitrogens with one attached hydrogen (secondary N) is 1. The third-order valence-electron chi connectivity index (χ3n) is 4.83. The summed E-state index contributed by atoms with van der Waals surface area (Å²) in [5.74, 6) is 0. The van der Waals surface area contributed by atoms with Gasteiger partial charge in [-0.2, -0.15) is 9.41 Å². The van der Waals surface area contributed by atoms with Gasteiger partial charge in [0.05, 0.1) is 25.9 Å². The summed E-state index contributed by atoms with van der Waals surface area (Å²) in [6.45, 7) is 3.79. The lowest BCUT2D eigenvalue weighted by molar-refractivity contribution is -0.387. The van der Waals surface area contributed by atoms with E-state index in [9.17, 15) is 28.6 Å². The molecule has 0 radical (unpaired) electrons. The number of nitrogens with zero attached hydrogens (tertiary/aromatic N) is 6. The van der Waals surface area contributed by atoms with Crippen molar-refractivity contribution in [1.29, 1.82) is 0 Å². The Morgan fingerprint density at radius 3 is 2.31 bits per heavy atom. The van der Waals surface area contributed by atoms with Crippen LogP contribution in [0, 0.1) is 20.2 Å². The molecule has 15 heteroatoms. The van der Waals surface area contributed by atoms with Gasteiger partial charge in [-0.05, 0) is 36.0 Å². The molecule has 2 aromatic carbocycles. The molecule has 1 N–H and O–H groups in total. The van der Waals surface area contributed by atoms with Crippen LogP contribution in [-0.4, -0.2) is 51.8 Å². The molecule has 13 nitrogen and oxygen atoms in total. The summed E-state index contributed by atoms with van der Waals surface area (Å²) in [5.41, 5.74) is 2.15. The van der Waals surface area contributed by atoms with Gasteiger partial charge in [0.1, 0.15) is 5.69 Å². The maximum Gasteiger partial charge on any atom is 0.295 e. The summed E-state index contributed by atoms with van der Waals surface area (Å²) >= 11 is 1.03. The summed E-state index contributed by atoms with van der Waals surface area (Å²) in [6.07, 6.45) is 4.31. The Morgan fingerprint density at radius 1 is 1.03 bits per heavy atom. The quantitative estimate of drug-likeness (QED) is 0.165. The first-order valence-corrected chi connectivity index (χ1v) is 12.7. The van der Waals surface area contributed by atoms with Gasteiger partial charge in [-0.15, -0.1) is 0 Å². The predicted octanol–water partition coefficient (Wildman–Crippen LogP) is 3.92. The van der Waals surface area contributed by atoms with Gasteiger partial charge >= 0.3 is 0 Å². The van der Waals surface area contributed by atoms with Gasteiger partial charge in [0, 0.05) is 43.2 Å². The van der Waals surface area contributed by atoms with Gasteiger partial charge in [-0.1, -0.05) is 19.9 Å². The third kappa shape index (κ3) is 6.18. The molecule has 0 bridgehead atoms. The Bertz CT molecular complexity index is 1400. The van der Waals surface area contributed by atoms with Crippen molar-refractivity contribution in [2.24, 2.45) is 5.10 Å². The largest absolute Gasteiger partial charge is 0.295 e. The van der Waals surface area contributed by atoms with Crippen molar-refractivity contribution < 1.29 is 18.3 Å². The molecule has 0 fully saturated rings. The van der Waals surface area contributed by atoms with Crippen molar-refractivity contribution in [3.8, 4) is 0 Å². The number of anilines is 1. The lowest BCUT2D eigenvalue weighted by atomic mass is 10.2. The Kier molecular flexibility index (Phi) is 8.63. The van der Waals surface area contributed by atoms with Crippen LogP contribution < -0.4 is 5.43 Å². The molecule has 0 aliphatic carbocycles. The SMILES string of the molecule is CCN(CC)S(=O)(=O)c1ccc(NN=Cc2ccc(Sc3ncccn3)c([N+](=O)[O-])c2)c([N+](=O)[O-])c1. The minimum Gasteiger partial charge on any atom is -0.272 e. The molecule has 3 aromatic rings. The maximum absolute atomic E-state index is 12.7. The first-order chi connectivity index (χ1) is 17.2. The van der Waals surface area contributed by atoms with Gasteiger partial charge in [0.25, 0.3) is 11.4 Å². The number of nitro benzene ring substituents is 2. The average Bonchev–Trinajstić information content (AvgIpc) is 2.86. The van der Waals surface area contributed by atoms with Crippen LogP contribution in [0.1, 0.15) is 19.4 Å². The second-order valence-electron chi connectivity index (χ2n) is 7.01. The van der Waals surface area contributed by atoms with Crippen molar-refractivity contribution >= 4 is 45.1 Å². The number of aromatic nitrogens is 2. The Morgan fingerprint density at radius 2 is 1.69 bits per heavy atom. The van der Waals surface area contributed by atoms with E-state index in [1.165, 1.54) is 47.2 Å². The molecule has 0 amide bonds. The molecule has 0 atom stereocenters. The zero-order chi connectivity index (χ0) is 26.3. The molecule has 1 aromatic heterocycles. The average molecular weight is 532 g/mol. The van der Waals surface area contributed by atoms with Crippen LogP contribution in [0.2, 0.25) is 0 Å². The molecule has 0 saturated carbocycles. The highest BCUT2D eigenvalue weighted by atomic mass is 32.2. The minimum atomic E-state index is -3.89. The van der Waals surface area contributed by atoms with Gasteiger partial charge < -0.3 is 0 Å². The van der Waals surface area contributed by atoms with E-state index in [0.717, 1.165) is 17.8 Å². The van der Waals surface area contributed by atoms with Crippen LogP contribution in [0.4, 0.5) is 17.1 Å². The van der Waals surface area contributed by atoms with E-state index in [1.807, 2.05) is 0 Å². The zero-order valence-corrected chi connectivity index (χ0v) is 20.8. The maximum atomic E-state index is 12.7. The molecule has 1 heterocycles. The normalized spacial score (nSPS) is 11.6. The molecule has 188 valence electrons. The third-order valence-corrected chi connectivity index (χ3v) is 7.84. The second kappa shape index (κ2) is 11.7.